The molecular weight excluding hydrogens is 470 g/mol. The van der Waals surface area contributed by atoms with Gasteiger partial charge in [0.1, 0.15) is 6.54 Å². The van der Waals surface area contributed by atoms with Crippen LogP contribution in [0.1, 0.15) is 38.7 Å². The Morgan fingerprint density at radius 1 is 1.12 bits per heavy atom. The van der Waals surface area contributed by atoms with Crippen LogP contribution < -0.4 is 10.2 Å². The van der Waals surface area contributed by atoms with Crippen molar-refractivity contribution in [3.8, 4) is 0 Å². The van der Waals surface area contributed by atoms with Crippen LogP contribution in [-0.4, -0.2) is 49.4 Å². The van der Waals surface area contributed by atoms with Gasteiger partial charge in [-0.15, -0.1) is 11.8 Å². The summed E-state index contributed by atoms with van der Waals surface area (Å²) < 4.78 is 28.2. The number of benzene rings is 2. The fraction of sp³-hybridized carbons (Fsp3) is 0.440. The molecule has 1 atom stereocenters. The molecule has 2 aliphatic rings. The Labute approximate surface area is 205 Å². The molecule has 0 bridgehead atoms. The highest BCUT2D eigenvalue weighted by Crippen LogP contribution is 2.40. The Kier molecular flexibility index (Phi) is 7.35. The molecule has 182 valence electrons. The minimum absolute atomic E-state index is 0.0159. The zero-order chi connectivity index (χ0) is 24.5. The largest absolute Gasteiger partial charge is 0.325 e. The normalized spacial score (nSPS) is 20.0. The second-order valence-electron chi connectivity index (χ2n) is 9.25. The molecule has 1 unspecified atom stereocenters. The molecule has 1 saturated heterocycles. The van der Waals surface area contributed by atoms with Gasteiger partial charge in [-0.2, -0.15) is 4.31 Å². The van der Waals surface area contributed by atoms with Gasteiger partial charge in [0.05, 0.1) is 10.6 Å². The lowest BCUT2D eigenvalue weighted by molar-refractivity contribution is -0.121. The topological polar surface area (TPSA) is 86.8 Å². The predicted molar refractivity (Wildman–Crippen MR) is 136 cm³/mol. The van der Waals surface area contributed by atoms with E-state index in [0.29, 0.717) is 30.4 Å². The number of sulfonamides is 1. The summed E-state index contributed by atoms with van der Waals surface area (Å²) in [5.74, 6) is -0.0152. The van der Waals surface area contributed by atoms with Crippen LogP contribution in [-0.2, 0) is 19.6 Å². The monoisotopic (exact) mass is 501 g/mol. The Balaban J connectivity index is 1.63. The van der Waals surface area contributed by atoms with Crippen LogP contribution in [0.4, 0.5) is 11.4 Å². The van der Waals surface area contributed by atoms with E-state index in [1.807, 2.05) is 32.0 Å². The van der Waals surface area contributed by atoms with E-state index in [1.54, 1.807) is 24.3 Å². The number of hydrogen-bond acceptors (Lipinski definition) is 5. The third-order valence-corrected chi connectivity index (χ3v) is 9.36. The molecule has 9 heteroatoms. The summed E-state index contributed by atoms with van der Waals surface area (Å²) in [6.07, 6.45) is 1.94. The van der Waals surface area contributed by atoms with E-state index >= 15 is 0 Å². The number of nitrogens with one attached hydrogen (secondary N) is 1. The maximum Gasteiger partial charge on any atom is 0.244 e. The molecule has 1 fully saturated rings. The lowest BCUT2D eigenvalue weighted by atomic mass is 10.0. The fourth-order valence-corrected chi connectivity index (χ4v) is 6.92. The van der Waals surface area contributed by atoms with E-state index in [1.165, 1.54) is 21.0 Å². The van der Waals surface area contributed by atoms with Gasteiger partial charge < -0.3 is 10.2 Å². The second-order valence-corrected chi connectivity index (χ2v) is 12.7. The maximum atomic E-state index is 13.3. The van der Waals surface area contributed by atoms with Crippen LogP contribution >= 0.6 is 11.8 Å². The van der Waals surface area contributed by atoms with E-state index in [9.17, 15) is 18.0 Å². The Morgan fingerprint density at radius 3 is 2.56 bits per heavy atom. The highest BCUT2D eigenvalue weighted by atomic mass is 32.2. The molecule has 0 saturated carbocycles. The molecule has 1 N–H and O–H groups in total. The molecule has 0 spiro atoms. The minimum atomic E-state index is -3.68. The fourth-order valence-electron chi connectivity index (χ4n) is 4.33. The predicted octanol–water partition coefficient (Wildman–Crippen LogP) is 4.27. The number of anilines is 2. The van der Waals surface area contributed by atoms with Crippen molar-refractivity contribution in [2.24, 2.45) is 5.92 Å². The SMILES string of the molecule is Cc1cccc(NC(=O)CN2C(=O)CC(C)Sc3ccc(S(=O)(=O)N4CCC(C)CC4)cc32)c1. The van der Waals surface area contributed by atoms with E-state index < -0.39 is 10.0 Å². The first-order chi connectivity index (χ1) is 16.1. The van der Waals surface area contributed by atoms with Crippen LogP contribution in [0.25, 0.3) is 0 Å². The van der Waals surface area contributed by atoms with Crippen molar-refractivity contribution in [3.05, 3.63) is 48.0 Å². The first-order valence-electron chi connectivity index (χ1n) is 11.6. The molecule has 0 aliphatic carbocycles. The highest BCUT2D eigenvalue weighted by Gasteiger charge is 2.32. The first kappa shape index (κ1) is 24.8. The Hall–Kier alpha value is -2.36. The number of fused-ring (bicyclic) bond motifs is 1. The zero-order valence-electron chi connectivity index (χ0n) is 19.8. The van der Waals surface area contributed by atoms with Crippen molar-refractivity contribution in [2.75, 3.05) is 29.9 Å². The van der Waals surface area contributed by atoms with Crippen molar-refractivity contribution >= 4 is 45.0 Å². The number of aryl methyl sites for hydroxylation is 1. The zero-order valence-corrected chi connectivity index (χ0v) is 21.4. The standard InChI is InChI=1S/C25H31N3O4S2/c1-17-9-11-27(12-10-17)34(31,32)21-7-8-23-22(15-21)28(25(30)14-19(3)33-23)16-24(29)26-20-6-4-5-18(2)13-20/h4-8,13,15,17,19H,9-12,14,16H2,1-3H3,(H,26,29). The van der Waals surface area contributed by atoms with Gasteiger partial charge in [0.25, 0.3) is 0 Å². The Bertz CT molecular complexity index is 1190. The molecule has 2 aliphatic heterocycles. The molecule has 7 nitrogen and oxygen atoms in total. The Morgan fingerprint density at radius 2 is 1.85 bits per heavy atom. The molecule has 2 aromatic rings. The third kappa shape index (κ3) is 5.47. The summed E-state index contributed by atoms with van der Waals surface area (Å²) in [5.41, 5.74) is 2.15. The average molecular weight is 502 g/mol. The van der Waals surface area contributed by atoms with Crippen LogP contribution in [0.5, 0.6) is 0 Å². The molecule has 0 radical (unpaired) electrons. The molecule has 2 amide bonds. The van der Waals surface area contributed by atoms with Gasteiger partial charge in [0.15, 0.2) is 0 Å². The second kappa shape index (κ2) is 10.1. The number of carbonyl (C=O) groups excluding carboxylic acids is 2. The summed E-state index contributed by atoms with van der Waals surface area (Å²) in [5, 5.41) is 2.86. The van der Waals surface area contributed by atoms with Gasteiger partial charge >= 0.3 is 0 Å². The summed E-state index contributed by atoms with van der Waals surface area (Å²) >= 11 is 1.53. The summed E-state index contributed by atoms with van der Waals surface area (Å²) in [6.45, 7) is 6.84. The quantitative estimate of drug-likeness (QED) is 0.661. The molecule has 0 aromatic heterocycles. The van der Waals surface area contributed by atoms with Crippen molar-refractivity contribution in [1.82, 2.24) is 4.31 Å². The van der Waals surface area contributed by atoms with Crippen LogP contribution in [0.3, 0.4) is 0 Å². The number of piperidine rings is 1. The van der Waals surface area contributed by atoms with Gasteiger partial charge in [-0.05, 0) is 61.6 Å². The van der Waals surface area contributed by atoms with Crippen LogP contribution in [0.2, 0.25) is 0 Å². The maximum absolute atomic E-state index is 13.3. The summed E-state index contributed by atoms with van der Waals surface area (Å²) in [7, 11) is -3.68. The number of carbonyl (C=O) groups is 2. The van der Waals surface area contributed by atoms with Crippen molar-refractivity contribution in [3.63, 3.8) is 0 Å². The van der Waals surface area contributed by atoms with Crippen molar-refractivity contribution < 1.29 is 18.0 Å². The lowest BCUT2D eigenvalue weighted by Crippen LogP contribution is -2.39. The number of nitrogens with zero attached hydrogens (tertiary/aromatic N) is 2. The van der Waals surface area contributed by atoms with Gasteiger partial charge in [-0.1, -0.05) is 26.0 Å². The van der Waals surface area contributed by atoms with E-state index in [0.717, 1.165) is 23.3 Å². The summed E-state index contributed by atoms with van der Waals surface area (Å²) in [6, 6.07) is 12.4. The van der Waals surface area contributed by atoms with Crippen LogP contribution in [0, 0.1) is 12.8 Å². The van der Waals surface area contributed by atoms with E-state index in [-0.39, 0.29) is 34.9 Å². The van der Waals surface area contributed by atoms with E-state index in [4.69, 9.17) is 0 Å². The number of rotatable bonds is 5. The number of hydrogen-bond donors (Lipinski definition) is 1. The average Bonchev–Trinajstić information content (AvgIpc) is 2.89. The van der Waals surface area contributed by atoms with Gasteiger partial charge in [0, 0.05) is 35.3 Å². The minimum Gasteiger partial charge on any atom is -0.325 e. The highest BCUT2D eigenvalue weighted by molar-refractivity contribution is 8.00. The molecule has 34 heavy (non-hydrogen) atoms. The van der Waals surface area contributed by atoms with Crippen LogP contribution in [0.15, 0.2) is 52.3 Å². The van der Waals surface area contributed by atoms with Gasteiger partial charge in [0.2, 0.25) is 21.8 Å². The van der Waals surface area contributed by atoms with Crippen molar-refractivity contribution in [1.29, 1.82) is 0 Å². The van der Waals surface area contributed by atoms with E-state index in [2.05, 4.69) is 12.2 Å². The molecule has 2 aromatic carbocycles. The smallest absolute Gasteiger partial charge is 0.244 e. The van der Waals surface area contributed by atoms with Crippen molar-refractivity contribution in [2.45, 2.75) is 55.1 Å². The lowest BCUT2D eigenvalue weighted by Gasteiger charge is -2.30. The molecule has 4 rings (SSSR count). The van der Waals surface area contributed by atoms with Gasteiger partial charge in [-0.3, -0.25) is 9.59 Å². The number of amides is 2. The third-order valence-electron chi connectivity index (χ3n) is 6.30. The first-order valence-corrected chi connectivity index (χ1v) is 13.9. The van der Waals surface area contributed by atoms with Gasteiger partial charge in [-0.25, -0.2) is 8.42 Å². The summed E-state index contributed by atoms with van der Waals surface area (Å²) in [4.78, 5) is 28.3. The molecule has 2 heterocycles. The number of thioether (sulfide) groups is 1. The molecular formula is C25H31N3O4S2.